The molecule has 2 N–H and O–H groups in total. The zero-order valence-corrected chi connectivity index (χ0v) is 19.6. The first-order chi connectivity index (χ1) is 14.3. The highest BCUT2D eigenvalue weighted by Gasteiger charge is 2.65. The van der Waals surface area contributed by atoms with E-state index < -0.39 is 5.60 Å². The van der Waals surface area contributed by atoms with Gasteiger partial charge in [-0.05, 0) is 111 Å². The van der Waals surface area contributed by atoms with Gasteiger partial charge in [-0.3, -0.25) is 4.90 Å². The highest BCUT2D eigenvalue weighted by Crippen LogP contribution is 2.68. The zero-order chi connectivity index (χ0) is 20.8. The molecule has 4 saturated carbocycles. The average molecular weight is 416 g/mol. The molecule has 0 amide bonds. The van der Waals surface area contributed by atoms with Crippen LogP contribution in [0.2, 0.25) is 0 Å². The Labute approximate surface area is 184 Å². The molecule has 0 radical (unpaired) electrons. The van der Waals surface area contributed by atoms with Crippen molar-refractivity contribution in [2.24, 2.45) is 52.8 Å². The molecule has 2 saturated heterocycles. The van der Waals surface area contributed by atoms with E-state index in [-0.39, 0.29) is 11.5 Å². The van der Waals surface area contributed by atoms with Crippen molar-refractivity contribution < 1.29 is 10.2 Å². The molecular weight excluding hydrogens is 370 g/mol. The van der Waals surface area contributed by atoms with Crippen molar-refractivity contribution in [3.8, 4) is 0 Å². The summed E-state index contributed by atoms with van der Waals surface area (Å²) in [5.41, 5.74) is -0.587. The normalized spacial score (nSPS) is 60.7. The number of hydrogen-bond acceptors (Lipinski definition) is 3. The van der Waals surface area contributed by atoms with Crippen molar-refractivity contribution in [2.45, 2.75) is 103 Å². The molecule has 30 heavy (non-hydrogen) atoms. The van der Waals surface area contributed by atoms with Gasteiger partial charge < -0.3 is 10.2 Å². The van der Waals surface area contributed by atoms with E-state index in [1.54, 1.807) is 0 Å². The number of aliphatic hydroxyl groups excluding tert-OH is 1. The number of fused-ring (bicyclic) bond motifs is 8. The highest BCUT2D eigenvalue weighted by molar-refractivity contribution is 5.15. The summed E-state index contributed by atoms with van der Waals surface area (Å²) in [4.78, 5) is 2.92. The first-order valence-corrected chi connectivity index (χ1v) is 13.5. The van der Waals surface area contributed by atoms with Gasteiger partial charge in [0.05, 0.1) is 11.7 Å². The van der Waals surface area contributed by atoms with Gasteiger partial charge in [0.25, 0.3) is 0 Å². The Balaban J connectivity index is 1.28. The quantitative estimate of drug-likeness (QED) is 0.602. The Kier molecular flexibility index (Phi) is 4.74. The summed E-state index contributed by atoms with van der Waals surface area (Å²) in [6.07, 6.45) is 11.6. The maximum atomic E-state index is 11.7. The summed E-state index contributed by atoms with van der Waals surface area (Å²) in [7, 11) is 0. The topological polar surface area (TPSA) is 43.7 Å². The lowest BCUT2D eigenvalue weighted by atomic mass is 9.50. The van der Waals surface area contributed by atoms with Crippen molar-refractivity contribution >= 4 is 0 Å². The van der Waals surface area contributed by atoms with E-state index in [0.717, 1.165) is 66.7 Å². The Morgan fingerprint density at radius 3 is 2.43 bits per heavy atom. The molecular formula is C27H45NO2. The van der Waals surface area contributed by atoms with Crippen LogP contribution < -0.4 is 0 Å². The Hall–Kier alpha value is -0.120. The van der Waals surface area contributed by atoms with Crippen LogP contribution in [0.5, 0.6) is 0 Å². The monoisotopic (exact) mass is 415 g/mol. The second-order valence-electron chi connectivity index (χ2n) is 13.2. The highest BCUT2D eigenvalue weighted by atomic mass is 16.3. The first-order valence-electron chi connectivity index (χ1n) is 13.5. The molecule has 0 aromatic heterocycles. The van der Waals surface area contributed by atoms with Crippen LogP contribution in [0.15, 0.2) is 0 Å². The second-order valence-corrected chi connectivity index (χ2v) is 13.2. The average Bonchev–Trinajstić information content (AvgIpc) is 3.09. The molecule has 0 spiro atoms. The molecule has 4 aliphatic carbocycles. The molecule has 12 atom stereocenters. The van der Waals surface area contributed by atoms with E-state index in [1.165, 1.54) is 51.6 Å². The summed E-state index contributed by atoms with van der Waals surface area (Å²) in [6, 6.07) is 0.852. The fourth-order valence-electron chi connectivity index (χ4n) is 10.5. The molecule has 12 unspecified atom stereocenters. The van der Waals surface area contributed by atoms with E-state index in [2.05, 4.69) is 25.7 Å². The van der Waals surface area contributed by atoms with Gasteiger partial charge in [0.15, 0.2) is 0 Å². The van der Waals surface area contributed by atoms with Crippen LogP contribution >= 0.6 is 0 Å². The van der Waals surface area contributed by atoms with E-state index in [0.29, 0.717) is 12.3 Å². The SMILES string of the molecule is CC1CCC2C(C)C3CCC4C(CC5C4CCC4(O)CC(O)CCC54C)C3CN2C1. The van der Waals surface area contributed by atoms with E-state index in [1.807, 2.05) is 0 Å². The number of hydrogen-bond donors (Lipinski definition) is 2. The lowest BCUT2D eigenvalue weighted by molar-refractivity contribution is -0.195. The van der Waals surface area contributed by atoms with Crippen LogP contribution in [-0.2, 0) is 0 Å². The number of piperidine rings is 2. The minimum atomic E-state index is -0.619. The van der Waals surface area contributed by atoms with Crippen LogP contribution in [0.4, 0.5) is 0 Å². The first kappa shape index (κ1) is 20.5. The summed E-state index contributed by atoms with van der Waals surface area (Å²) in [5.74, 6) is 6.92. The molecule has 0 aromatic carbocycles. The molecule has 0 bridgehead atoms. The van der Waals surface area contributed by atoms with Gasteiger partial charge in [-0.25, -0.2) is 0 Å². The molecule has 3 nitrogen and oxygen atoms in total. The fourth-order valence-corrected chi connectivity index (χ4v) is 10.5. The van der Waals surface area contributed by atoms with Crippen LogP contribution in [0, 0.1) is 52.8 Å². The van der Waals surface area contributed by atoms with Crippen LogP contribution in [0.25, 0.3) is 0 Å². The van der Waals surface area contributed by atoms with Crippen LogP contribution in [-0.4, -0.2) is 45.9 Å². The van der Waals surface area contributed by atoms with Gasteiger partial charge in [0.1, 0.15) is 0 Å². The summed E-state index contributed by atoms with van der Waals surface area (Å²) < 4.78 is 0. The molecule has 170 valence electrons. The van der Waals surface area contributed by atoms with Gasteiger partial charge in [0, 0.05) is 25.6 Å². The van der Waals surface area contributed by atoms with E-state index >= 15 is 0 Å². The Morgan fingerprint density at radius 1 is 0.800 bits per heavy atom. The third kappa shape index (κ3) is 2.73. The van der Waals surface area contributed by atoms with Crippen molar-refractivity contribution in [3.63, 3.8) is 0 Å². The zero-order valence-electron chi connectivity index (χ0n) is 19.6. The maximum Gasteiger partial charge on any atom is 0.0728 e. The number of nitrogens with zero attached hydrogens (tertiary/aromatic N) is 1. The molecule has 0 aromatic rings. The van der Waals surface area contributed by atoms with Gasteiger partial charge in [-0.15, -0.1) is 0 Å². The van der Waals surface area contributed by atoms with Crippen molar-refractivity contribution in [1.29, 1.82) is 0 Å². The standard InChI is InChI=1S/C27H45NO2/c1-16-4-7-25-17(2)19-5-6-20-21-9-11-27(30)13-18(29)8-10-26(27,3)24(21)12-22(20)23(19)15-28(25)14-16/h16-25,29-30H,4-15H2,1-3H3. The van der Waals surface area contributed by atoms with Gasteiger partial charge >= 0.3 is 0 Å². The minimum Gasteiger partial charge on any atom is -0.393 e. The fraction of sp³-hybridized carbons (Fsp3) is 1.00. The molecule has 6 fully saturated rings. The number of rotatable bonds is 0. The third-order valence-corrected chi connectivity index (χ3v) is 12.1. The predicted octanol–water partition coefficient (Wildman–Crippen LogP) is 4.71. The van der Waals surface area contributed by atoms with Crippen LogP contribution in [0.1, 0.15) is 85.0 Å². The van der Waals surface area contributed by atoms with E-state index in [4.69, 9.17) is 0 Å². The summed E-state index contributed by atoms with van der Waals surface area (Å²) >= 11 is 0. The van der Waals surface area contributed by atoms with Gasteiger partial charge in [-0.2, -0.15) is 0 Å². The Bertz CT molecular complexity index is 680. The minimum absolute atomic E-state index is 0.0322. The maximum absolute atomic E-state index is 11.7. The van der Waals surface area contributed by atoms with Crippen molar-refractivity contribution in [3.05, 3.63) is 0 Å². The van der Waals surface area contributed by atoms with Crippen molar-refractivity contribution in [2.75, 3.05) is 13.1 Å². The second kappa shape index (κ2) is 6.94. The lowest BCUT2D eigenvalue weighted by Crippen LogP contribution is -2.59. The molecule has 6 rings (SSSR count). The largest absolute Gasteiger partial charge is 0.393 e. The molecule has 2 aliphatic heterocycles. The van der Waals surface area contributed by atoms with Crippen molar-refractivity contribution in [1.82, 2.24) is 4.90 Å². The third-order valence-electron chi connectivity index (χ3n) is 12.1. The van der Waals surface area contributed by atoms with E-state index in [9.17, 15) is 10.2 Å². The predicted molar refractivity (Wildman–Crippen MR) is 120 cm³/mol. The lowest BCUT2D eigenvalue weighted by Gasteiger charge is -2.58. The molecule has 2 heterocycles. The van der Waals surface area contributed by atoms with Gasteiger partial charge in [-0.1, -0.05) is 20.8 Å². The number of aliphatic hydroxyl groups is 2. The summed E-state index contributed by atoms with van der Waals surface area (Å²) in [5, 5.41) is 22.0. The van der Waals surface area contributed by atoms with Gasteiger partial charge in [0.2, 0.25) is 0 Å². The molecule has 3 heteroatoms. The Morgan fingerprint density at radius 2 is 1.60 bits per heavy atom. The molecule has 6 aliphatic rings. The smallest absolute Gasteiger partial charge is 0.0728 e. The van der Waals surface area contributed by atoms with Crippen LogP contribution in [0.3, 0.4) is 0 Å². The summed E-state index contributed by atoms with van der Waals surface area (Å²) in [6.45, 7) is 10.2.